The highest BCUT2D eigenvalue weighted by Gasteiger charge is 2.39. The fraction of sp³-hybridized carbons (Fsp3) is 0.923. The molecule has 5 nitrogen and oxygen atoms in total. The van der Waals surface area contributed by atoms with Crippen LogP contribution in [0.15, 0.2) is 0 Å². The summed E-state index contributed by atoms with van der Waals surface area (Å²) in [5.41, 5.74) is -1.50. The number of carbonyl (C=O) groups is 1. The largest absolute Gasteiger partial charge is 0.460 e. The third kappa shape index (κ3) is 5.33. The first-order chi connectivity index (χ1) is 8.02. The van der Waals surface area contributed by atoms with E-state index in [0.717, 1.165) is 0 Å². The molecular formula is C13H24O5. The second-order valence-electron chi connectivity index (χ2n) is 6.29. The molecule has 106 valence electrons. The molecule has 1 fully saturated rings. The number of esters is 1. The number of hydrogen-bond donors (Lipinski definition) is 3. The molecule has 0 aromatic carbocycles. The lowest BCUT2D eigenvalue weighted by atomic mass is 9.79. The molecule has 0 unspecified atom stereocenters. The van der Waals surface area contributed by atoms with Gasteiger partial charge in [0.15, 0.2) is 5.79 Å². The molecule has 0 atom stereocenters. The average molecular weight is 260 g/mol. The zero-order chi connectivity index (χ0) is 14.0. The van der Waals surface area contributed by atoms with E-state index in [9.17, 15) is 20.1 Å². The van der Waals surface area contributed by atoms with Gasteiger partial charge in [-0.25, -0.2) is 0 Å². The van der Waals surface area contributed by atoms with Crippen LogP contribution in [-0.2, 0) is 9.53 Å². The van der Waals surface area contributed by atoms with Crippen molar-refractivity contribution in [1.82, 2.24) is 0 Å². The minimum Gasteiger partial charge on any atom is -0.460 e. The zero-order valence-electron chi connectivity index (χ0n) is 11.4. The van der Waals surface area contributed by atoms with Gasteiger partial charge in [0.25, 0.3) is 0 Å². The van der Waals surface area contributed by atoms with Gasteiger partial charge in [0.05, 0.1) is 5.60 Å². The van der Waals surface area contributed by atoms with Crippen LogP contribution in [0.1, 0.15) is 59.3 Å². The second-order valence-corrected chi connectivity index (χ2v) is 6.29. The summed E-state index contributed by atoms with van der Waals surface area (Å²) in [5.74, 6) is -2.00. The maximum absolute atomic E-state index is 11.5. The van der Waals surface area contributed by atoms with Crippen LogP contribution in [0.5, 0.6) is 0 Å². The van der Waals surface area contributed by atoms with Gasteiger partial charge in [0.2, 0.25) is 0 Å². The Morgan fingerprint density at radius 2 is 1.61 bits per heavy atom. The van der Waals surface area contributed by atoms with E-state index >= 15 is 0 Å². The molecule has 0 amide bonds. The van der Waals surface area contributed by atoms with Crippen molar-refractivity contribution in [1.29, 1.82) is 0 Å². The molecule has 0 bridgehead atoms. The summed E-state index contributed by atoms with van der Waals surface area (Å²) < 4.78 is 5.17. The summed E-state index contributed by atoms with van der Waals surface area (Å²) in [6, 6.07) is 0. The Morgan fingerprint density at radius 3 is 2.06 bits per heavy atom. The molecule has 0 spiro atoms. The van der Waals surface area contributed by atoms with Crippen molar-refractivity contribution in [2.45, 2.75) is 76.3 Å². The molecule has 0 aliphatic heterocycles. The Hall–Kier alpha value is -0.650. The van der Waals surface area contributed by atoms with E-state index in [1.54, 1.807) is 20.8 Å². The minimum absolute atomic E-state index is 0.137. The van der Waals surface area contributed by atoms with Gasteiger partial charge in [0, 0.05) is 19.3 Å². The Balaban J connectivity index is 2.37. The van der Waals surface area contributed by atoms with Gasteiger partial charge < -0.3 is 20.1 Å². The second kappa shape index (κ2) is 5.15. The van der Waals surface area contributed by atoms with Gasteiger partial charge >= 0.3 is 5.97 Å². The average Bonchev–Trinajstić information content (AvgIpc) is 2.18. The van der Waals surface area contributed by atoms with Crippen molar-refractivity contribution in [2.75, 3.05) is 0 Å². The highest BCUT2D eigenvalue weighted by atomic mass is 16.6. The molecule has 0 heterocycles. The Morgan fingerprint density at radius 1 is 1.11 bits per heavy atom. The SMILES string of the molecule is CC(C)(C)OC(=O)CCC1(O)CCC(O)(O)CC1. The van der Waals surface area contributed by atoms with Gasteiger partial charge in [-0.05, 0) is 40.0 Å². The fourth-order valence-corrected chi connectivity index (χ4v) is 2.09. The van der Waals surface area contributed by atoms with E-state index < -0.39 is 17.0 Å². The van der Waals surface area contributed by atoms with Crippen LogP contribution >= 0.6 is 0 Å². The predicted octanol–water partition coefficient (Wildman–Crippen LogP) is 1.09. The van der Waals surface area contributed by atoms with Crippen LogP contribution in [0.4, 0.5) is 0 Å². The number of ether oxygens (including phenoxy) is 1. The van der Waals surface area contributed by atoms with Gasteiger partial charge in [-0.2, -0.15) is 0 Å². The summed E-state index contributed by atoms with van der Waals surface area (Å²) in [5, 5.41) is 29.0. The van der Waals surface area contributed by atoms with Gasteiger partial charge in [-0.3, -0.25) is 4.79 Å². The Bertz CT molecular complexity index is 293. The molecule has 0 saturated heterocycles. The lowest BCUT2D eigenvalue weighted by Gasteiger charge is -2.38. The van der Waals surface area contributed by atoms with E-state index in [1.165, 1.54) is 0 Å². The monoisotopic (exact) mass is 260 g/mol. The molecule has 5 heteroatoms. The lowest BCUT2D eigenvalue weighted by Crippen LogP contribution is -2.43. The molecule has 1 aliphatic rings. The van der Waals surface area contributed by atoms with Crippen molar-refractivity contribution in [3.8, 4) is 0 Å². The summed E-state index contributed by atoms with van der Waals surface area (Å²) in [4.78, 5) is 11.5. The van der Waals surface area contributed by atoms with Gasteiger partial charge in [0.1, 0.15) is 5.60 Å². The molecule has 3 N–H and O–H groups in total. The van der Waals surface area contributed by atoms with Crippen LogP contribution < -0.4 is 0 Å². The van der Waals surface area contributed by atoms with Gasteiger partial charge in [-0.1, -0.05) is 0 Å². The van der Waals surface area contributed by atoms with Crippen molar-refractivity contribution < 1.29 is 24.9 Å². The molecule has 18 heavy (non-hydrogen) atoms. The third-order valence-corrected chi connectivity index (χ3v) is 3.20. The van der Waals surface area contributed by atoms with E-state index in [0.29, 0.717) is 19.3 Å². The van der Waals surface area contributed by atoms with Crippen LogP contribution in [0.3, 0.4) is 0 Å². The predicted molar refractivity (Wildman–Crippen MR) is 65.7 cm³/mol. The zero-order valence-corrected chi connectivity index (χ0v) is 11.4. The molecule has 1 saturated carbocycles. The van der Waals surface area contributed by atoms with Crippen molar-refractivity contribution in [3.63, 3.8) is 0 Å². The highest BCUT2D eigenvalue weighted by molar-refractivity contribution is 5.69. The Labute approximate surface area is 108 Å². The quantitative estimate of drug-likeness (QED) is 0.522. The first-order valence-corrected chi connectivity index (χ1v) is 6.40. The summed E-state index contributed by atoms with van der Waals surface area (Å²) in [7, 11) is 0. The third-order valence-electron chi connectivity index (χ3n) is 3.20. The van der Waals surface area contributed by atoms with Crippen molar-refractivity contribution >= 4 is 5.97 Å². The lowest BCUT2D eigenvalue weighted by molar-refractivity contribution is -0.207. The number of aliphatic hydroxyl groups is 3. The van der Waals surface area contributed by atoms with Crippen LogP contribution in [0.25, 0.3) is 0 Å². The van der Waals surface area contributed by atoms with E-state index in [4.69, 9.17) is 4.74 Å². The molecular weight excluding hydrogens is 236 g/mol. The van der Waals surface area contributed by atoms with Crippen molar-refractivity contribution in [3.05, 3.63) is 0 Å². The van der Waals surface area contributed by atoms with Crippen LogP contribution in [-0.4, -0.2) is 38.3 Å². The van der Waals surface area contributed by atoms with Gasteiger partial charge in [-0.15, -0.1) is 0 Å². The molecule has 0 radical (unpaired) electrons. The minimum atomic E-state index is -1.67. The Kier molecular flexibility index (Phi) is 4.41. The van der Waals surface area contributed by atoms with E-state index in [1.807, 2.05) is 0 Å². The summed E-state index contributed by atoms with van der Waals surface area (Å²) in [6.07, 6.45) is 1.32. The first-order valence-electron chi connectivity index (χ1n) is 6.40. The molecule has 0 aromatic heterocycles. The summed E-state index contributed by atoms with van der Waals surface area (Å²) in [6.45, 7) is 5.39. The first kappa shape index (κ1) is 15.4. The molecule has 1 rings (SSSR count). The van der Waals surface area contributed by atoms with Crippen LogP contribution in [0, 0.1) is 0 Å². The topological polar surface area (TPSA) is 87.0 Å². The normalized spacial score (nSPS) is 22.6. The smallest absolute Gasteiger partial charge is 0.306 e. The molecule has 0 aromatic rings. The highest BCUT2D eigenvalue weighted by Crippen LogP contribution is 2.36. The van der Waals surface area contributed by atoms with E-state index in [-0.39, 0.29) is 25.2 Å². The van der Waals surface area contributed by atoms with Crippen molar-refractivity contribution in [2.24, 2.45) is 0 Å². The van der Waals surface area contributed by atoms with E-state index in [2.05, 4.69) is 0 Å². The maximum Gasteiger partial charge on any atom is 0.306 e. The number of hydrogen-bond acceptors (Lipinski definition) is 5. The number of carbonyl (C=O) groups excluding carboxylic acids is 1. The van der Waals surface area contributed by atoms with Crippen LogP contribution in [0.2, 0.25) is 0 Å². The summed E-state index contributed by atoms with van der Waals surface area (Å²) >= 11 is 0. The standard InChI is InChI=1S/C13H24O5/c1-11(2,3)18-10(14)4-5-12(15)6-8-13(16,17)9-7-12/h15-17H,4-9H2,1-3H3. The maximum atomic E-state index is 11.5. The fourth-order valence-electron chi connectivity index (χ4n) is 2.09. The molecule has 1 aliphatic carbocycles. The number of rotatable bonds is 3.